The van der Waals surface area contributed by atoms with E-state index in [9.17, 15) is 0 Å². The van der Waals surface area contributed by atoms with Gasteiger partial charge in [0.1, 0.15) is 11.4 Å². The number of guanidine groups is 1. The molecule has 8 heteroatoms. The van der Waals surface area contributed by atoms with Gasteiger partial charge in [-0.25, -0.2) is 4.99 Å². The zero-order valence-corrected chi connectivity index (χ0v) is 11.3. The van der Waals surface area contributed by atoms with Crippen LogP contribution in [0.4, 0.5) is 11.4 Å². The Labute approximate surface area is 120 Å². The molecule has 0 fully saturated rings. The maximum atomic E-state index is 5.66. The first kappa shape index (κ1) is 13.1. The summed E-state index contributed by atoms with van der Waals surface area (Å²) in [5, 5.41) is 11.3. The number of rotatable bonds is 3. The second kappa shape index (κ2) is 5.25. The zero-order valence-electron chi connectivity index (χ0n) is 11.3. The number of nitrogens with zero attached hydrogens (tertiary/aromatic N) is 3. The quantitative estimate of drug-likeness (QED) is 0.489. The van der Waals surface area contributed by atoms with Crippen LogP contribution in [0.2, 0.25) is 0 Å². The molecule has 0 bridgehead atoms. The van der Waals surface area contributed by atoms with Gasteiger partial charge in [-0.05, 0) is 18.2 Å². The fraction of sp³-hybridized carbons (Fsp3) is 0.154. The molecular formula is C13H14N6O2. The first-order chi connectivity index (χ1) is 10.2. The molecule has 8 nitrogen and oxygen atoms in total. The van der Waals surface area contributed by atoms with Gasteiger partial charge in [0.2, 0.25) is 0 Å². The lowest BCUT2D eigenvalue weighted by Crippen LogP contribution is -2.24. The minimum Gasteiger partial charge on any atom is -0.434 e. The molecule has 0 aliphatic carbocycles. The molecule has 1 aromatic carbocycles. The molecule has 0 amide bonds. The van der Waals surface area contributed by atoms with Gasteiger partial charge in [0.15, 0.2) is 17.9 Å². The predicted octanol–water partition coefficient (Wildman–Crippen LogP) is 1.24. The number of hydrogen-bond donors (Lipinski definition) is 3. The molecule has 3 rings (SSSR count). The van der Waals surface area contributed by atoms with Crippen molar-refractivity contribution < 1.29 is 9.47 Å². The minimum atomic E-state index is -0.716. The number of methoxy groups -OCH3 is 1. The van der Waals surface area contributed by atoms with Gasteiger partial charge in [0.05, 0.1) is 5.69 Å². The molecule has 5 N–H and O–H groups in total. The lowest BCUT2D eigenvalue weighted by Gasteiger charge is -2.21. The van der Waals surface area contributed by atoms with Crippen molar-refractivity contribution in [2.24, 2.45) is 16.5 Å². The van der Waals surface area contributed by atoms with Crippen molar-refractivity contribution in [3.63, 3.8) is 0 Å². The van der Waals surface area contributed by atoms with Gasteiger partial charge in [-0.2, -0.15) is 0 Å². The molecule has 0 spiro atoms. The van der Waals surface area contributed by atoms with E-state index in [1.165, 1.54) is 7.11 Å². The molecule has 0 saturated carbocycles. The van der Waals surface area contributed by atoms with Crippen molar-refractivity contribution in [2.45, 2.75) is 6.23 Å². The summed E-state index contributed by atoms with van der Waals surface area (Å²) in [5.74, 6) is 0.993. The second-order valence-electron chi connectivity index (χ2n) is 4.35. The molecule has 0 radical (unpaired) electrons. The van der Waals surface area contributed by atoms with Crippen LogP contribution in [0, 0.1) is 0 Å². The fourth-order valence-electron chi connectivity index (χ4n) is 1.96. The number of hydrogen-bond acceptors (Lipinski definition) is 6. The average Bonchev–Trinajstić information content (AvgIpc) is 2.49. The Kier molecular flexibility index (Phi) is 3.28. The van der Waals surface area contributed by atoms with E-state index in [0.717, 1.165) is 5.69 Å². The molecular weight excluding hydrogens is 272 g/mol. The van der Waals surface area contributed by atoms with Crippen LogP contribution >= 0.6 is 0 Å². The van der Waals surface area contributed by atoms with Crippen molar-refractivity contribution in [2.75, 3.05) is 12.4 Å². The topological polar surface area (TPSA) is 121 Å². The van der Waals surface area contributed by atoms with Crippen LogP contribution in [0.3, 0.4) is 0 Å². The van der Waals surface area contributed by atoms with Crippen LogP contribution in [0.1, 0.15) is 11.9 Å². The number of para-hydroxylation sites is 2. The van der Waals surface area contributed by atoms with Crippen LogP contribution in [0.25, 0.3) is 0 Å². The largest absolute Gasteiger partial charge is 0.434 e. The maximum Gasteiger partial charge on any atom is 0.262 e. The van der Waals surface area contributed by atoms with Gasteiger partial charge in [-0.15, -0.1) is 10.2 Å². The summed E-state index contributed by atoms with van der Waals surface area (Å²) in [7, 11) is 1.48. The van der Waals surface area contributed by atoms with Gasteiger partial charge in [-0.3, -0.25) is 0 Å². The molecule has 1 unspecified atom stereocenters. The van der Waals surface area contributed by atoms with Gasteiger partial charge in [0.25, 0.3) is 5.88 Å². The zero-order chi connectivity index (χ0) is 14.8. The third kappa shape index (κ3) is 2.56. The molecule has 1 aromatic heterocycles. The average molecular weight is 286 g/mol. The highest BCUT2D eigenvalue weighted by Gasteiger charge is 2.21. The van der Waals surface area contributed by atoms with Crippen molar-refractivity contribution in [1.82, 2.24) is 10.2 Å². The summed E-state index contributed by atoms with van der Waals surface area (Å²) in [4.78, 5) is 3.94. The molecule has 0 saturated heterocycles. The van der Waals surface area contributed by atoms with E-state index in [0.29, 0.717) is 23.0 Å². The van der Waals surface area contributed by atoms with Gasteiger partial charge in [-0.1, -0.05) is 12.1 Å². The Balaban J connectivity index is 1.95. The van der Waals surface area contributed by atoms with E-state index in [1.807, 2.05) is 24.3 Å². The monoisotopic (exact) mass is 286 g/mol. The highest BCUT2D eigenvalue weighted by Crippen LogP contribution is 2.40. The second-order valence-corrected chi connectivity index (χ2v) is 4.35. The third-order valence-corrected chi connectivity index (χ3v) is 2.88. The van der Waals surface area contributed by atoms with Crippen LogP contribution in [0.15, 0.2) is 35.3 Å². The summed E-state index contributed by atoms with van der Waals surface area (Å²) >= 11 is 0. The van der Waals surface area contributed by atoms with Crippen molar-refractivity contribution in [1.29, 1.82) is 0 Å². The first-order valence-corrected chi connectivity index (χ1v) is 6.20. The third-order valence-electron chi connectivity index (χ3n) is 2.88. The van der Waals surface area contributed by atoms with Crippen molar-refractivity contribution in [3.8, 4) is 11.6 Å². The number of anilines is 2. The molecule has 1 aliphatic heterocycles. The summed E-state index contributed by atoms with van der Waals surface area (Å²) < 4.78 is 10.9. The van der Waals surface area contributed by atoms with E-state index < -0.39 is 6.23 Å². The van der Waals surface area contributed by atoms with Crippen LogP contribution in [0.5, 0.6) is 11.6 Å². The summed E-state index contributed by atoms with van der Waals surface area (Å²) in [5.41, 5.74) is 12.7. The van der Waals surface area contributed by atoms with E-state index in [1.54, 1.807) is 6.07 Å². The molecule has 2 heterocycles. The van der Waals surface area contributed by atoms with E-state index >= 15 is 0 Å². The SMILES string of the molecule is COC(N=C(N)N)c1cc2c(nn1)Oc1ccccc1N2. The van der Waals surface area contributed by atoms with E-state index in [4.69, 9.17) is 20.9 Å². The highest BCUT2D eigenvalue weighted by atomic mass is 16.5. The van der Waals surface area contributed by atoms with Crippen molar-refractivity contribution in [3.05, 3.63) is 36.0 Å². The number of aromatic nitrogens is 2. The summed E-state index contributed by atoms with van der Waals surface area (Å²) in [6.07, 6.45) is -0.716. The van der Waals surface area contributed by atoms with E-state index in [-0.39, 0.29) is 5.96 Å². The fourth-order valence-corrected chi connectivity index (χ4v) is 1.96. The number of benzene rings is 1. The predicted molar refractivity (Wildman–Crippen MR) is 77.4 cm³/mol. The molecule has 21 heavy (non-hydrogen) atoms. The Morgan fingerprint density at radius 2 is 2.10 bits per heavy atom. The molecule has 1 aliphatic rings. The standard InChI is InChI=1S/C13H14N6O2/c1-20-11(17-13(14)15)9-6-8-12(19-18-9)21-10-5-3-2-4-7(10)16-8/h2-6,11,16H,1H3,(H4,14,15,17). The summed E-state index contributed by atoms with van der Waals surface area (Å²) in [6, 6.07) is 9.28. The Morgan fingerprint density at radius 3 is 2.86 bits per heavy atom. The van der Waals surface area contributed by atoms with Crippen LogP contribution in [-0.2, 0) is 4.74 Å². The maximum absolute atomic E-state index is 5.66. The van der Waals surface area contributed by atoms with Crippen LogP contribution in [-0.4, -0.2) is 23.3 Å². The van der Waals surface area contributed by atoms with Crippen molar-refractivity contribution >= 4 is 17.3 Å². The number of ether oxygens (including phenoxy) is 2. The van der Waals surface area contributed by atoms with Gasteiger partial charge in [0, 0.05) is 7.11 Å². The number of nitrogens with one attached hydrogen (secondary N) is 1. The van der Waals surface area contributed by atoms with Gasteiger partial charge < -0.3 is 26.3 Å². The molecule has 2 aromatic rings. The van der Waals surface area contributed by atoms with E-state index in [2.05, 4.69) is 20.5 Å². The smallest absolute Gasteiger partial charge is 0.262 e. The first-order valence-electron chi connectivity index (χ1n) is 6.20. The summed E-state index contributed by atoms with van der Waals surface area (Å²) in [6.45, 7) is 0. The number of fused-ring (bicyclic) bond motifs is 2. The number of aliphatic imine (C=N–C) groups is 1. The Hall–Kier alpha value is -2.87. The highest BCUT2D eigenvalue weighted by molar-refractivity contribution is 5.76. The van der Waals surface area contributed by atoms with Gasteiger partial charge >= 0.3 is 0 Å². The lowest BCUT2D eigenvalue weighted by atomic mass is 10.2. The lowest BCUT2D eigenvalue weighted by molar-refractivity contribution is 0.106. The normalized spacial score (nSPS) is 13.2. The molecule has 108 valence electrons. The Bertz CT molecular complexity index is 699. The molecule has 1 atom stereocenters. The minimum absolute atomic E-state index is 0.0871. The van der Waals surface area contributed by atoms with Crippen LogP contribution < -0.4 is 21.5 Å². The number of nitrogens with two attached hydrogens (primary N) is 2. The Morgan fingerprint density at radius 1 is 1.29 bits per heavy atom.